The maximum atomic E-state index is 13.2. The summed E-state index contributed by atoms with van der Waals surface area (Å²) in [6.07, 6.45) is 3.50. The summed E-state index contributed by atoms with van der Waals surface area (Å²) < 4.78 is 41.1. The van der Waals surface area contributed by atoms with Crippen LogP contribution in [0.1, 0.15) is 28.5 Å². The molecule has 0 unspecified atom stereocenters. The van der Waals surface area contributed by atoms with Crippen molar-refractivity contribution < 1.29 is 17.6 Å². The van der Waals surface area contributed by atoms with Crippen LogP contribution < -0.4 is 10.0 Å². The van der Waals surface area contributed by atoms with E-state index >= 15 is 0 Å². The van der Waals surface area contributed by atoms with Crippen molar-refractivity contribution in [2.24, 2.45) is 0 Å². The van der Waals surface area contributed by atoms with Crippen LogP contribution in [0.5, 0.6) is 0 Å². The molecule has 0 saturated carbocycles. The molecule has 0 saturated heterocycles. The first-order valence-electron chi connectivity index (χ1n) is 9.64. The van der Waals surface area contributed by atoms with Gasteiger partial charge in [-0.3, -0.25) is 4.79 Å². The highest BCUT2D eigenvalue weighted by atomic mass is 32.2. The third-order valence-corrected chi connectivity index (χ3v) is 5.86. The summed E-state index contributed by atoms with van der Waals surface area (Å²) >= 11 is 0. The van der Waals surface area contributed by atoms with E-state index in [0.29, 0.717) is 34.6 Å². The van der Waals surface area contributed by atoms with Crippen LogP contribution in [0.4, 0.5) is 10.1 Å². The minimum absolute atomic E-state index is 0.167. The average molecular weight is 443 g/mol. The van der Waals surface area contributed by atoms with E-state index in [9.17, 15) is 17.6 Å². The number of halogens is 1. The van der Waals surface area contributed by atoms with Crippen LogP contribution in [-0.2, 0) is 22.2 Å². The minimum atomic E-state index is -3.45. The lowest BCUT2D eigenvalue weighted by atomic mass is 10.1. The Bertz CT molecular complexity index is 1170. The molecule has 0 aliphatic carbocycles. The summed E-state index contributed by atoms with van der Waals surface area (Å²) in [7, 11) is -3.45. The largest absolute Gasteiger partial charge is 0.322 e. The van der Waals surface area contributed by atoms with Gasteiger partial charge in [-0.1, -0.05) is 25.1 Å². The van der Waals surface area contributed by atoms with Crippen molar-refractivity contribution in [3.63, 3.8) is 0 Å². The van der Waals surface area contributed by atoms with Crippen molar-refractivity contribution >= 4 is 21.6 Å². The molecule has 0 fully saturated rings. The summed E-state index contributed by atoms with van der Waals surface area (Å²) in [5.41, 5.74) is 2.88. The van der Waals surface area contributed by atoms with E-state index in [1.807, 2.05) is 6.92 Å². The second-order valence-electron chi connectivity index (χ2n) is 6.79. The summed E-state index contributed by atoms with van der Waals surface area (Å²) in [4.78, 5) is 12.8. The van der Waals surface area contributed by atoms with E-state index in [4.69, 9.17) is 0 Å². The van der Waals surface area contributed by atoms with E-state index in [-0.39, 0.29) is 24.0 Å². The third-order valence-electron chi connectivity index (χ3n) is 4.54. The van der Waals surface area contributed by atoms with Gasteiger partial charge in [0.2, 0.25) is 10.0 Å². The molecule has 1 heterocycles. The van der Waals surface area contributed by atoms with Gasteiger partial charge in [0.1, 0.15) is 5.82 Å². The first kappa shape index (κ1) is 22.4. The standard InChI is InChI=1S/C22H23FN4O3S/c1-3-13-25-31(29,30)15-16-5-9-18(10-6-16)26-22(28)20-14-24-27(21(20)4-2)19-11-7-17(23)8-12-19/h3,5-12,14,25H,1,4,13,15H2,2H3,(H,26,28). The molecule has 0 radical (unpaired) electrons. The van der Waals surface area contributed by atoms with Gasteiger partial charge in [0.25, 0.3) is 5.91 Å². The van der Waals surface area contributed by atoms with Gasteiger partial charge in [0.15, 0.2) is 0 Å². The van der Waals surface area contributed by atoms with E-state index in [1.165, 1.54) is 24.4 Å². The molecule has 1 amide bonds. The molecule has 162 valence electrons. The number of amides is 1. The lowest BCUT2D eigenvalue weighted by Gasteiger charge is -2.09. The number of anilines is 1. The Hall–Kier alpha value is -3.30. The zero-order valence-electron chi connectivity index (χ0n) is 17.0. The molecule has 3 aromatic rings. The quantitative estimate of drug-likeness (QED) is 0.497. The zero-order valence-corrected chi connectivity index (χ0v) is 17.8. The van der Waals surface area contributed by atoms with Crippen LogP contribution in [-0.4, -0.2) is 30.7 Å². The van der Waals surface area contributed by atoms with E-state index in [2.05, 4.69) is 21.7 Å². The Morgan fingerprint density at radius 2 is 1.84 bits per heavy atom. The molecule has 2 N–H and O–H groups in total. The SMILES string of the molecule is C=CCNS(=O)(=O)Cc1ccc(NC(=O)c2cnn(-c3ccc(F)cc3)c2CC)cc1. The minimum Gasteiger partial charge on any atom is -0.322 e. The Morgan fingerprint density at radius 1 is 1.16 bits per heavy atom. The molecule has 0 aliphatic heterocycles. The van der Waals surface area contributed by atoms with Crippen molar-refractivity contribution in [1.82, 2.24) is 14.5 Å². The molecule has 3 rings (SSSR count). The molecular formula is C22H23FN4O3S. The monoisotopic (exact) mass is 442 g/mol. The Balaban J connectivity index is 1.73. The fraction of sp³-hybridized carbons (Fsp3) is 0.182. The Kier molecular flexibility index (Phi) is 6.98. The molecule has 0 aliphatic rings. The third kappa shape index (κ3) is 5.65. The topological polar surface area (TPSA) is 93.1 Å². The summed E-state index contributed by atoms with van der Waals surface area (Å²) in [5, 5.41) is 7.08. The van der Waals surface area contributed by atoms with Crippen LogP contribution in [0.2, 0.25) is 0 Å². The molecule has 31 heavy (non-hydrogen) atoms. The van der Waals surface area contributed by atoms with Gasteiger partial charge >= 0.3 is 0 Å². The predicted molar refractivity (Wildman–Crippen MR) is 118 cm³/mol. The second kappa shape index (κ2) is 9.67. The summed E-state index contributed by atoms with van der Waals surface area (Å²) in [5.74, 6) is -0.850. The van der Waals surface area contributed by atoms with E-state index in [1.54, 1.807) is 41.1 Å². The van der Waals surface area contributed by atoms with Crippen LogP contribution >= 0.6 is 0 Å². The van der Waals surface area contributed by atoms with Crippen molar-refractivity contribution in [2.45, 2.75) is 19.1 Å². The number of rotatable bonds is 9. The molecule has 0 bridgehead atoms. The highest BCUT2D eigenvalue weighted by Gasteiger charge is 2.18. The van der Waals surface area contributed by atoms with Crippen molar-refractivity contribution in [2.75, 3.05) is 11.9 Å². The number of sulfonamides is 1. The summed E-state index contributed by atoms with van der Waals surface area (Å²) in [6.45, 7) is 5.56. The van der Waals surface area contributed by atoms with Crippen LogP contribution in [0.25, 0.3) is 5.69 Å². The van der Waals surface area contributed by atoms with Gasteiger partial charge in [-0.05, 0) is 48.4 Å². The van der Waals surface area contributed by atoms with Crippen molar-refractivity contribution in [3.05, 3.63) is 90.0 Å². The van der Waals surface area contributed by atoms with Gasteiger partial charge in [-0.2, -0.15) is 5.10 Å². The van der Waals surface area contributed by atoms with Crippen LogP contribution in [0.3, 0.4) is 0 Å². The molecule has 7 nitrogen and oxygen atoms in total. The smallest absolute Gasteiger partial charge is 0.259 e. The number of nitrogens with zero attached hydrogens (tertiary/aromatic N) is 2. The van der Waals surface area contributed by atoms with Crippen LogP contribution in [0.15, 0.2) is 67.4 Å². The van der Waals surface area contributed by atoms with Gasteiger partial charge in [-0.15, -0.1) is 6.58 Å². The average Bonchev–Trinajstić information content (AvgIpc) is 3.18. The normalized spacial score (nSPS) is 11.3. The molecular weight excluding hydrogens is 419 g/mol. The number of carbonyl (C=O) groups is 1. The highest BCUT2D eigenvalue weighted by Crippen LogP contribution is 2.19. The summed E-state index contributed by atoms with van der Waals surface area (Å²) in [6, 6.07) is 12.4. The van der Waals surface area contributed by atoms with Gasteiger partial charge in [0, 0.05) is 12.2 Å². The first-order chi connectivity index (χ1) is 14.8. The molecule has 9 heteroatoms. The fourth-order valence-corrected chi connectivity index (χ4v) is 4.15. The molecule has 1 aromatic heterocycles. The maximum Gasteiger partial charge on any atom is 0.259 e. The number of nitrogens with one attached hydrogen (secondary N) is 2. The first-order valence-corrected chi connectivity index (χ1v) is 11.3. The molecule has 0 atom stereocenters. The number of benzene rings is 2. The van der Waals surface area contributed by atoms with Crippen molar-refractivity contribution in [1.29, 1.82) is 0 Å². The van der Waals surface area contributed by atoms with Gasteiger partial charge in [0.05, 0.1) is 28.9 Å². The fourth-order valence-electron chi connectivity index (χ4n) is 3.05. The maximum absolute atomic E-state index is 13.2. The molecule has 0 spiro atoms. The second-order valence-corrected chi connectivity index (χ2v) is 8.60. The van der Waals surface area contributed by atoms with Gasteiger partial charge in [-0.25, -0.2) is 22.2 Å². The lowest BCUT2D eigenvalue weighted by Crippen LogP contribution is -2.25. The van der Waals surface area contributed by atoms with E-state index < -0.39 is 10.0 Å². The zero-order chi connectivity index (χ0) is 22.4. The lowest BCUT2D eigenvalue weighted by molar-refractivity contribution is 0.102. The predicted octanol–water partition coefficient (Wildman–Crippen LogP) is 3.43. The number of aromatic nitrogens is 2. The number of hydrogen-bond donors (Lipinski definition) is 2. The van der Waals surface area contributed by atoms with Crippen LogP contribution in [0, 0.1) is 5.82 Å². The number of hydrogen-bond acceptors (Lipinski definition) is 4. The van der Waals surface area contributed by atoms with E-state index in [0.717, 1.165) is 0 Å². The number of carbonyl (C=O) groups excluding carboxylic acids is 1. The van der Waals surface area contributed by atoms with Gasteiger partial charge < -0.3 is 5.32 Å². The Labute approximate surface area is 180 Å². The highest BCUT2D eigenvalue weighted by molar-refractivity contribution is 7.88. The Morgan fingerprint density at radius 3 is 2.45 bits per heavy atom. The van der Waals surface area contributed by atoms with Crippen molar-refractivity contribution in [3.8, 4) is 5.69 Å². The molecule has 2 aromatic carbocycles.